The van der Waals surface area contributed by atoms with Crippen LogP contribution in [0.1, 0.15) is 34.2 Å². The molecule has 0 spiro atoms. The van der Waals surface area contributed by atoms with Crippen molar-refractivity contribution in [3.8, 4) is 11.1 Å². The predicted octanol–water partition coefficient (Wildman–Crippen LogP) is 4.58. The summed E-state index contributed by atoms with van der Waals surface area (Å²) in [7, 11) is 3.42. The molecule has 0 saturated carbocycles. The van der Waals surface area contributed by atoms with Crippen molar-refractivity contribution in [3.63, 3.8) is 0 Å². The van der Waals surface area contributed by atoms with E-state index in [-0.39, 0.29) is 18.4 Å². The Morgan fingerprint density at radius 3 is 2.03 bits per heavy atom. The van der Waals surface area contributed by atoms with Crippen molar-refractivity contribution in [1.82, 2.24) is 9.80 Å². The lowest BCUT2D eigenvalue weighted by atomic mass is 9.98. The van der Waals surface area contributed by atoms with Crippen LogP contribution in [0.25, 0.3) is 11.1 Å². The average molecular weight is 412 g/mol. The molecule has 1 heterocycles. The topological polar surface area (TPSA) is 49.9 Å². The van der Waals surface area contributed by atoms with E-state index in [1.165, 1.54) is 27.2 Å². The maximum absolute atomic E-state index is 13.2. The molecule has 0 aromatic heterocycles. The van der Waals surface area contributed by atoms with Crippen LogP contribution >= 0.6 is 0 Å². The van der Waals surface area contributed by atoms with Gasteiger partial charge in [-0.1, -0.05) is 72.8 Å². The van der Waals surface area contributed by atoms with E-state index < -0.39 is 12.1 Å². The van der Waals surface area contributed by atoms with Gasteiger partial charge in [0.1, 0.15) is 12.6 Å². The first-order valence-electron chi connectivity index (χ1n) is 10.5. The zero-order valence-corrected chi connectivity index (χ0v) is 17.6. The van der Waals surface area contributed by atoms with Crippen molar-refractivity contribution in [2.75, 3.05) is 20.7 Å². The third-order valence-electron chi connectivity index (χ3n) is 6.25. The SMILES string of the molecule is CN(C)C(=O)C1c2ccccc2CN1C(=O)OCC1c2ccccc2-c2ccccc21. The highest BCUT2D eigenvalue weighted by Crippen LogP contribution is 2.44. The number of hydrogen-bond donors (Lipinski definition) is 0. The second-order valence-electron chi connectivity index (χ2n) is 8.27. The number of nitrogens with zero attached hydrogens (tertiary/aromatic N) is 2. The Kier molecular flexibility index (Phi) is 4.74. The maximum Gasteiger partial charge on any atom is 0.411 e. The molecule has 0 bridgehead atoms. The predicted molar refractivity (Wildman–Crippen MR) is 118 cm³/mol. The molecule has 2 amide bonds. The van der Waals surface area contributed by atoms with Crippen molar-refractivity contribution in [2.24, 2.45) is 0 Å². The Labute approximate surface area is 181 Å². The van der Waals surface area contributed by atoms with Crippen molar-refractivity contribution in [3.05, 3.63) is 95.1 Å². The van der Waals surface area contributed by atoms with Crippen LogP contribution in [0.2, 0.25) is 0 Å². The summed E-state index contributed by atoms with van der Waals surface area (Å²) in [6, 6.07) is 23.6. The molecule has 1 aliphatic heterocycles. The molecule has 31 heavy (non-hydrogen) atoms. The van der Waals surface area contributed by atoms with E-state index >= 15 is 0 Å². The van der Waals surface area contributed by atoms with Crippen LogP contribution in [0.3, 0.4) is 0 Å². The number of hydrogen-bond acceptors (Lipinski definition) is 3. The van der Waals surface area contributed by atoms with Gasteiger partial charge >= 0.3 is 6.09 Å². The maximum atomic E-state index is 13.2. The standard InChI is InChI=1S/C26H24N2O3/c1-27(2)25(29)24-18-10-4-3-9-17(18)15-28(24)26(30)31-16-23-21-13-7-5-11-19(21)20-12-6-8-14-22(20)23/h3-14,23-24H,15-16H2,1-2H3. The van der Waals surface area contributed by atoms with Gasteiger partial charge in [0.2, 0.25) is 5.91 Å². The van der Waals surface area contributed by atoms with Gasteiger partial charge < -0.3 is 9.64 Å². The Hall–Kier alpha value is -3.60. The zero-order valence-electron chi connectivity index (χ0n) is 17.6. The summed E-state index contributed by atoms with van der Waals surface area (Å²) in [6.45, 7) is 0.611. The Morgan fingerprint density at radius 1 is 0.871 bits per heavy atom. The molecule has 3 aromatic carbocycles. The average Bonchev–Trinajstić information content (AvgIpc) is 3.33. The lowest BCUT2D eigenvalue weighted by Crippen LogP contribution is -2.40. The first-order chi connectivity index (χ1) is 15.1. The molecule has 5 nitrogen and oxygen atoms in total. The lowest BCUT2D eigenvalue weighted by molar-refractivity contribution is -0.133. The number of likely N-dealkylation sites (N-methyl/N-ethyl adjacent to an activating group) is 1. The van der Waals surface area contributed by atoms with E-state index in [1.54, 1.807) is 19.0 Å². The molecule has 0 fully saturated rings. The van der Waals surface area contributed by atoms with Crippen LogP contribution in [-0.4, -0.2) is 42.5 Å². The highest BCUT2D eigenvalue weighted by atomic mass is 16.6. The van der Waals surface area contributed by atoms with E-state index in [2.05, 4.69) is 24.3 Å². The molecule has 0 saturated heterocycles. The lowest BCUT2D eigenvalue weighted by Gasteiger charge is -2.27. The molecule has 1 unspecified atom stereocenters. The molecule has 0 N–H and O–H groups in total. The number of carbonyl (C=O) groups is 2. The Morgan fingerprint density at radius 2 is 1.42 bits per heavy atom. The normalized spacial score (nSPS) is 16.5. The van der Waals surface area contributed by atoms with Crippen LogP contribution in [0.5, 0.6) is 0 Å². The van der Waals surface area contributed by atoms with Crippen molar-refractivity contribution >= 4 is 12.0 Å². The minimum absolute atomic E-state index is 0.00988. The molecule has 0 radical (unpaired) electrons. The van der Waals surface area contributed by atoms with E-state index in [0.717, 1.165) is 11.1 Å². The molecule has 2 aliphatic rings. The first-order valence-corrected chi connectivity index (χ1v) is 10.5. The van der Waals surface area contributed by atoms with Crippen molar-refractivity contribution in [2.45, 2.75) is 18.5 Å². The number of benzene rings is 3. The summed E-state index contributed by atoms with van der Waals surface area (Å²) in [5, 5.41) is 0. The van der Waals surface area contributed by atoms with Gasteiger partial charge in [0.15, 0.2) is 0 Å². The van der Waals surface area contributed by atoms with Gasteiger partial charge in [-0.2, -0.15) is 0 Å². The molecule has 5 heteroatoms. The minimum atomic E-state index is -0.651. The van der Waals surface area contributed by atoms with E-state index in [4.69, 9.17) is 4.74 Å². The fraction of sp³-hybridized carbons (Fsp3) is 0.231. The van der Waals surface area contributed by atoms with Gasteiger partial charge in [0, 0.05) is 20.0 Å². The molecular formula is C26H24N2O3. The number of rotatable bonds is 3. The molecule has 5 rings (SSSR count). The molecule has 3 aromatic rings. The molecule has 1 atom stereocenters. The molecule has 1 aliphatic carbocycles. The monoisotopic (exact) mass is 412 g/mol. The summed E-state index contributed by atoms with van der Waals surface area (Å²) >= 11 is 0. The summed E-state index contributed by atoms with van der Waals surface area (Å²) in [4.78, 5) is 29.1. The zero-order chi connectivity index (χ0) is 21.5. The largest absolute Gasteiger partial charge is 0.448 e. The second kappa shape index (κ2) is 7.58. The van der Waals surface area contributed by atoms with Crippen molar-refractivity contribution in [1.29, 1.82) is 0 Å². The number of carbonyl (C=O) groups excluding carboxylic acids is 2. The van der Waals surface area contributed by atoms with E-state index in [0.29, 0.717) is 6.54 Å². The van der Waals surface area contributed by atoms with Crippen LogP contribution in [0.15, 0.2) is 72.8 Å². The summed E-state index contributed by atoms with van der Waals surface area (Å²) in [6.07, 6.45) is -0.460. The smallest absolute Gasteiger partial charge is 0.411 e. The van der Waals surface area contributed by atoms with Crippen LogP contribution in [0.4, 0.5) is 4.79 Å². The van der Waals surface area contributed by atoms with Crippen LogP contribution < -0.4 is 0 Å². The molecule has 156 valence electrons. The first kappa shape index (κ1) is 19.4. The van der Waals surface area contributed by atoms with E-state index in [9.17, 15) is 9.59 Å². The number of fused-ring (bicyclic) bond motifs is 4. The van der Waals surface area contributed by atoms with Gasteiger partial charge in [-0.15, -0.1) is 0 Å². The van der Waals surface area contributed by atoms with Gasteiger partial charge in [-0.3, -0.25) is 9.69 Å². The highest BCUT2D eigenvalue weighted by Gasteiger charge is 2.40. The summed E-state index contributed by atoms with van der Waals surface area (Å²) in [5.74, 6) is -0.136. The van der Waals surface area contributed by atoms with Crippen LogP contribution in [0, 0.1) is 0 Å². The third-order valence-corrected chi connectivity index (χ3v) is 6.25. The molecular weight excluding hydrogens is 388 g/mol. The van der Waals surface area contributed by atoms with Gasteiger partial charge in [0.05, 0.1) is 6.54 Å². The Balaban J connectivity index is 1.39. The highest BCUT2D eigenvalue weighted by molar-refractivity contribution is 5.88. The summed E-state index contributed by atoms with van der Waals surface area (Å²) in [5.41, 5.74) is 6.57. The van der Waals surface area contributed by atoms with Crippen LogP contribution in [-0.2, 0) is 16.1 Å². The van der Waals surface area contributed by atoms with Gasteiger partial charge in [-0.25, -0.2) is 4.79 Å². The van der Waals surface area contributed by atoms with Gasteiger partial charge in [0.25, 0.3) is 0 Å². The summed E-state index contributed by atoms with van der Waals surface area (Å²) < 4.78 is 5.83. The number of ether oxygens (including phenoxy) is 1. The minimum Gasteiger partial charge on any atom is -0.448 e. The van der Waals surface area contributed by atoms with Gasteiger partial charge in [-0.05, 0) is 33.4 Å². The van der Waals surface area contributed by atoms with E-state index in [1.807, 2.05) is 48.5 Å². The number of amides is 2. The fourth-order valence-corrected chi connectivity index (χ4v) is 4.75. The Bertz CT molecular complexity index is 1130. The third kappa shape index (κ3) is 3.17. The fourth-order valence-electron chi connectivity index (χ4n) is 4.75. The van der Waals surface area contributed by atoms with Crippen molar-refractivity contribution < 1.29 is 14.3 Å². The quantitative estimate of drug-likeness (QED) is 0.633. The second-order valence-corrected chi connectivity index (χ2v) is 8.27.